The summed E-state index contributed by atoms with van der Waals surface area (Å²) >= 11 is 0. The zero-order valence-electron chi connectivity index (χ0n) is 15.8. The summed E-state index contributed by atoms with van der Waals surface area (Å²) in [5, 5.41) is 3.84. The van der Waals surface area contributed by atoms with Crippen LogP contribution < -0.4 is 0 Å². The standard InChI is InChI=1S/C22H22N4O2/c1-15-19(13-28-25-15)21(27)26-8-6-22(7-9-26)10-18(16-11-23-14-24-12-16)17-4-2-3-5-20(17)22/h2-5,11-14,18H,6-10H2,1H3. The highest BCUT2D eigenvalue weighted by molar-refractivity contribution is 5.94. The molecule has 0 N–H and O–H groups in total. The smallest absolute Gasteiger partial charge is 0.259 e. The molecule has 1 atom stereocenters. The van der Waals surface area contributed by atoms with Gasteiger partial charge in [0.05, 0.1) is 5.69 Å². The average molecular weight is 374 g/mol. The van der Waals surface area contributed by atoms with Gasteiger partial charge in [-0.1, -0.05) is 29.4 Å². The van der Waals surface area contributed by atoms with Crippen LogP contribution in [0.4, 0.5) is 0 Å². The second-order valence-corrected chi connectivity index (χ2v) is 7.90. The Bertz CT molecular complexity index is 1010. The van der Waals surface area contributed by atoms with E-state index in [1.165, 1.54) is 23.0 Å². The number of benzene rings is 1. The third kappa shape index (κ3) is 2.63. The van der Waals surface area contributed by atoms with Crippen LogP contribution in [0.3, 0.4) is 0 Å². The molecule has 6 heteroatoms. The Morgan fingerprint density at radius 1 is 1.18 bits per heavy atom. The van der Waals surface area contributed by atoms with Gasteiger partial charge in [0.1, 0.15) is 18.2 Å². The number of piperidine rings is 1. The number of likely N-dealkylation sites (tertiary alicyclic amines) is 1. The lowest BCUT2D eigenvalue weighted by molar-refractivity contribution is 0.0663. The number of nitrogens with zero attached hydrogens (tertiary/aromatic N) is 4. The van der Waals surface area contributed by atoms with Gasteiger partial charge in [-0.2, -0.15) is 0 Å². The monoisotopic (exact) mass is 374 g/mol. The van der Waals surface area contributed by atoms with E-state index >= 15 is 0 Å². The Morgan fingerprint density at radius 3 is 2.64 bits per heavy atom. The van der Waals surface area contributed by atoms with Gasteiger partial charge < -0.3 is 9.42 Å². The van der Waals surface area contributed by atoms with Gasteiger partial charge in [-0.05, 0) is 48.3 Å². The van der Waals surface area contributed by atoms with E-state index in [9.17, 15) is 4.79 Å². The Kier molecular flexibility index (Phi) is 4.00. The van der Waals surface area contributed by atoms with Crippen LogP contribution in [0.2, 0.25) is 0 Å². The maximum Gasteiger partial charge on any atom is 0.259 e. The molecule has 1 aromatic carbocycles. The number of fused-ring (bicyclic) bond motifs is 2. The van der Waals surface area contributed by atoms with E-state index in [-0.39, 0.29) is 11.3 Å². The topological polar surface area (TPSA) is 72.1 Å². The van der Waals surface area contributed by atoms with Gasteiger partial charge in [-0.25, -0.2) is 9.97 Å². The van der Waals surface area contributed by atoms with Gasteiger partial charge in [0.2, 0.25) is 0 Å². The first kappa shape index (κ1) is 17.1. The highest BCUT2D eigenvalue weighted by Gasteiger charge is 2.46. The summed E-state index contributed by atoms with van der Waals surface area (Å²) in [6.07, 6.45) is 9.87. The maximum absolute atomic E-state index is 12.8. The van der Waals surface area contributed by atoms with E-state index in [1.54, 1.807) is 6.33 Å². The molecule has 0 radical (unpaired) electrons. The van der Waals surface area contributed by atoms with Crippen LogP contribution in [0, 0.1) is 6.92 Å². The highest BCUT2D eigenvalue weighted by atomic mass is 16.5. The molecule has 2 aliphatic rings. The molecule has 0 bridgehead atoms. The summed E-state index contributed by atoms with van der Waals surface area (Å²) in [5.74, 6) is 0.341. The first-order valence-corrected chi connectivity index (χ1v) is 9.72. The summed E-state index contributed by atoms with van der Waals surface area (Å²) in [6.45, 7) is 3.30. The summed E-state index contributed by atoms with van der Waals surface area (Å²) in [4.78, 5) is 23.2. The number of carbonyl (C=O) groups is 1. The Hall–Kier alpha value is -3.02. The van der Waals surface area contributed by atoms with Crippen LogP contribution in [0.25, 0.3) is 0 Å². The van der Waals surface area contributed by atoms with Crippen molar-refractivity contribution in [2.45, 2.75) is 37.5 Å². The Labute approximate surface area is 163 Å². The average Bonchev–Trinajstić information content (AvgIpc) is 3.31. The Balaban J connectivity index is 1.41. The second-order valence-electron chi connectivity index (χ2n) is 7.90. The number of aryl methyl sites for hydroxylation is 1. The van der Waals surface area contributed by atoms with Gasteiger partial charge >= 0.3 is 0 Å². The molecule has 1 aliphatic carbocycles. The largest absolute Gasteiger partial charge is 0.364 e. The van der Waals surface area contributed by atoms with Crippen LogP contribution in [-0.4, -0.2) is 39.0 Å². The SMILES string of the molecule is Cc1nocc1C(=O)N1CCC2(CC1)CC(c1cncnc1)c1ccccc12. The minimum absolute atomic E-state index is 0.0212. The first-order valence-electron chi connectivity index (χ1n) is 9.72. The van der Waals surface area contributed by atoms with Crippen molar-refractivity contribution in [3.8, 4) is 0 Å². The molecule has 1 unspecified atom stereocenters. The third-order valence-corrected chi connectivity index (χ3v) is 6.47. The zero-order valence-corrected chi connectivity index (χ0v) is 15.8. The summed E-state index contributed by atoms with van der Waals surface area (Å²) in [6, 6.07) is 8.74. The van der Waals surface area contributed by atoms with Crippen molar-refractivity contribution in [2.24, 2.45) is 0 Å². The fourth-order valence-corrected chi connectivity index (χ4v) is 4.96. The molecule has 2 aromatic heterocycles. The van der Waals surface area contributed by atoms with Crippen LogP contribution in [-0.2, 0) is 5.41 Å². The lowest BCUT2D eigenvalue weighted by Gasteiger charge is -2.40. The lowest BCUT2D eigenvalue weighted by atomic mass is 9.73. The van der Waals surface area contributed by atoms with E-state index in [0.29, 0.717) is 17.2 Å². The predicted octanol–water partition coefficient (Wildman–Crippen LogP) is 3.48. The number of amides is 1. The quantitative estimate of drug-likeness (QED) is 0.687. The van der Waals surface area contributed by atoms with Crippen LogP contribution >= 0.6 is 0 Å². The maximum atomic E-state index is 12.8. The number of aromatic nitrogens is 3. The van der Waals surface area contributed by atoms with Crippen molar-refractivity contribution in [3.63, 3.8) is 0 Å². The van der Waals surface area contributed by atoms with Crippen molar-refractivity contribution in [3.05, 3.63) is 77.2 Å². The van der Waals surface area contributed by atoms with Gasteiger partial charge in [-0.3, -0.25) is 4.79 Å². The summed E-state index contributed by atoms with van der Waals surface area (Å²) in [5.41, 5.74) is 5.31. The van der Waals surface area contributed by atoms with Crippen LogP contribution in [0.1, 0.15) is 57.9 Å². The second kappa shape index (κ2) is 6.55. The van der Waals surface area contributed by atoms with Crippen molar-refractivity contribution in [2.75, 3.05) is 13.1 Å². The van der Waals surface area contributed by atoms with Gasteiger partial charge in [0.25, 0.3) is 5.91 Å². The molecule has 142 valence electrons. The molecule has 1 spiro atoms. The summed E-state index contributed by atoms with van der Waals surface area (Å²) in [7, 11) is 0. The zero-order chi connectivity index (χ0) is 19.1. The van der Waals surface area contributed by atoms with Crippen molar-refractivity contribution >= 4 is 5.91 Å². The van der Waals surface area contributed by atoms with E-state index < -0.39 is 0 Å². The molecule has 1 fully saturated rings. The van der Waals surface area contributed by atoms with E-state index in [4.69, 9.17) is 4.52 Å². The molecule has 0 saturated carbocycles. The molecular weight excluding hydrogens is 352 g/mol. The minimum Gasteiger partial charge on any atom is -0.364 e. The van der Waals surface area contributed by atoms with E-state index in [1.807, 2.05) is 24.2 Å². The van der Waals surface area contributed by atoms with Gasteiger partial charge in [-0.15, -0.1) is 0 Å². The van der Waals surface area contributed by atoms with Gasteiger partial charge in [0.15, 0.2) is 0 Å². The number of hydrogen-bond donors (Lipinski definition) is 0. The van der Waals surface area contributed by atoms with E-state index in [2.05, 4.69) is 39.4 Å². The molecule has 1 amide bonds. The third-order valence-electron chi connectivity index (χ3n) is 6.47. The molecule has 5 rings (SSSR count). The number of carbonyl (C=O) groups excluding carboxylic acids is 1. The highest BCUT2D eigenvalue weighted by Crippen LogP contribution is 2.53. The molecule has 1 saturated heterocycles. The number of rotatable bonds is 2. The van der Waals surface area contributed by atoms with Crippen molar-refractivity contribution in [1.29, 1.82) is 0 Å². The fraction of sp³-hybridized carbons (Fsp3) is 0.364. The normalized spacial score (nSPS) is 20.3. The predicted molar refractivity (Wildman–Crippen MR) is 103 cm³/mol. The Morgan fingerprint density at radius 2 is 1.93 bits per heavy atom. The molecule has 6 nitrogen and oxygen atoms in total. The van der Waals surface area contributed by atoms with Crippen molar-refractivity contribution in [1.82, 2.24) is 20.0 Å². The van der Waals surface area contributed by atoms with E-state index in [0.717, 1.165) is 32.4 Å². The summed E-state index contributed by atoms with van der Waals surface area (Å²) < 4.78 is 4.95. The van der Waals surface area contributed by atoms with Gasteiger partial charge in [0, 0.05) is 31.4 Å². The van der Waals surface area contributed by atoms with Crippen molar-refractivity contribution < 1.29 is 9.32 Å². The molecule has 3 heterocycles. The minimum atomic E-state index is 0.0212. The molecule has 28 heavy (non-hydrogen) atoms. The number of hydrogen-bond acceptors (Lipinski definition) is 5. The van der Waals surface area contributed by atoms with Crippen LogP contribution in [0.5, 0.6) is 0 Å². The molecule has 3 aromatic rings. The first-order chi connectivity index (χ1) is 13.7. The molecule has 1 aliphatic heterocycles. The van der Waals surface area contributed by atoms with Crippen LogP contribution in [0.15, 0.2) is 53.8 Å². The lowest BCUT2D eigenvalue weighted by Crippen LogP contribution is -2.44. The molecular formula is C22H22N4O2. The fourth-order valence-electron chi connectivity index (χ4n) is 4.96.